The molecular weight excluding hydrogens is 240 g/mol. The maximum absolute atomic E-state index is 6.30. The molecule has 0 amide bonds. The molecule has 0 aliphatic carbocycles. The monoisotopic (exact) mass is 264 g/mol. The molecule has 2 rings (SSSR count). The van der Waals surface area contributed by atoms with Crippen molar-refractivity contribution in [3.05, 3.63) is 29.8 Å². The second kappa shape index (κ2) is 7.51. The topological polar surface area (TPSA) is 27.7 Å². The summed E-state index contributed by atoms with van der Waals surface area (Å²) in [5.41, 5.74) is 1.17. The van der Waals surface area contributed by atoms with Crippen molar-refractivity contribution in [2.75, 3.05) is 20.3 Å². The van der Waals surface area contributed by atoms with E-state index < -0.39 is 0 Å². The van der Waals surface area contributed by atoms with Crippen LogP contribution >= 0.6 is 0 Å². The highest BCUT2D eigenvalue weighted by molar-refractivity contribution is 5.35. The van der Waals surface area contributed by atoms with E-state index >= 15 is 0 Å². The molecule has 1 aromatic carbocycles. The normalized spacial score (nSPS) is 18.2. The van der Waals surface area contributed by atoms with Gasteiger partial charge in [-0.15, -0.1) is 0 Å². The summed E-state index contributed by atoms with van der Waals surface area (Å²) in [6.07, 6.45) is 4.56. The minimum Gasteiger partial charge on any atom is -0.496 e. The van der Waals surface area contributed by atoms with Gasteiger partial charge in [0, 0.05) is 18.8 Å². The molecule has 0 aromatic heterocycles. The Kier molecular flexibility index (Phi) is 5.67. The highest BCUT2D eigenvalue weighted by atomic mass is 16.5. The molecule has 1 saturated heterocycles. The van der Waals surface area contributed by atoms with Crippen molar-refractivity contribution in [1.29, 1.82) is 0 Å². The van der Waals surface area contributed by atoms with Crippen molar-refractivity contribution < 1.29 is 14.2 Å². The van der Waals surface area contributed by atoms with E-state index in [1.807, 2.05) is 18.2 Å². The van der Waals surface area contributed by atoms with E-state index in [-0.39, 0.29) is 6.10 Å². The summed E-state index contributed by atoms with van der Waals surface area (Å²) in [4.78, 5) is 0. The molecule has 1 fully saturated rings. The van der Waals surface area contributed by atoms with E-state index in [0.717, 1.165) is 44.6 Å². The molecule has 0 saturated carbocycles. The number of hydrogen-bond donors (Lipinski definition) is 0. The maximum Gasteiger partial charge on any atom is 0.124 e. The van der Waals surface area contributed by atoms with Crippen molar-refractivity contribution in [3.63, 3.8) is 0 Å². The molecule has 1 atom stereocenters. The van der Waals surface area contributed by atoms with Gasteiger partial charge in [-0.05, 0) is 25.3 Å². The van der Waals surface area contributed by atoms with Crippen molar-refractivity contribution in [2.24, 2.45) is 0 Å². The fourth-order valence-electron chi connectivity index (χ4n) is 2.54. The number of hydrogen-bond acceptors (Lipinski definition) is 3. The predicted molar refractivity (Wildman–Crippen MR) is 75.6 cm³/mol. The zero-order chi connectivity index (χ0) is 13.5. The van der Waals surface area contributed by atoms with Gasteiger partial charge in [0.05, 0.1) is 19.3 Å². The Morgan fingerprint density at radius 2 is 2.00 bits per heavy atom. The molecule has 0 radical (unpaired) electrons. The minimum atomic E-state index is 0.129. The lowest BCUT2D eigenvalue weighted by Crippen LogP contribution is -2.25. The van der Waals surface area contributed by atoms with Crippen LogP contribution in [0.4, 0.5) is 0 Å². The van der Waals surface area contributed by atoms with E-state index in [9.17, 15) is 0 Å². The molecule has 1 aliphatic rings. The van der Waals surface area contributed by atoms with Gasteiger partial charge in [0.2, 0.25) is 0 Å². The van der Waals surface area contributed by atoms with Gasteiger partial charge in [-0.25, -0.2) is 0 Å². The van der Waals surface area contributed by atoms with Crippen molar-refractivity contribution in [1.82, 2.24) is 0 Å². The Labute approximate surface area is 115 Å². The van der Waals surface area contributed by atoms with Crippen LogP contribution < -0.4 is 4.74 Å². The van der Waals surface area contributed by atoms with Crippen LogP contribution in [-0.4, -0.2) is 26.4 Å². The predicted octanol–water partition coefficient (Wildman–Crippen LogP) is 3.73. The Bertz CT molecular complexity index is 372. The third-order valence-electron chi connectivity index (χ3n) is 3.56. The molecule has 1 heterocycles. The van der Waals surface area contributed by atoms with Crippen LogP contribution in [0.15, 0.2) is 24.3 Å². The van der Waals surface area contributed by atoms with Crippen LogP contribution in [0.25, 0.3) is 0 Å². The van der Waals surface area contributed by atoms with Crippen LogP contribution in [0.2, 0.25) is 0 Å². The Morgan fingerprint density at radius 1 is 1.26 bits per heavy atom. The van der Waals surface area contributed by atoms with Crippen LogP contribution in [-0.2, 0) is 9.47 Å². The number of benzene rings is 1. The fourth-order valence-corrected chi connectivity index (χ4v) is 2.54. The SMILES string of the molecule is CCC[C@H](OC1CCOCC1)c1ccccc1OC. The summed E-state index contributed by atoms with van der Waals surface area (Å²) in [7, 11) is 1.72. The van der Waals surface area contributed by atoms with Gasteiger partial charge >= 0.3 is 0 Å². The van der Waals surface area contributed by atoms with Gasteiger partial charge in [-0.2, -0.15) is 0 Å². The summed E-state index contributed by atoms with van der Waals surface area (Å²) >= 11 is 0. The molecule has 1 aliphatic heterocycles. The van der Waals surface area contributed by atoms with Crippen molar-refractivity contribution in [3.8, 4) is 5.75 Å². The lowest BCUT2D eigenvalue weighted by Gasteiger charge is -2.28. The van der Waals surface area contributed by atoms with Gasteiger partial charge in [-0.1, -0.05) is 31.5 Å². The molecule has 0 bridgehead atoms. The summed E-state index contributed by atoms with van der Waals surface area (Å²) < 4.78 is 17.1. The third kappa shape index (κ3) is 3.95. The number of rotatable bonds is 6. The van der Waals surface area contributed by atoms with Gasteiger partial charge in [-0.3, -0.25) is 0 Å². The molecule has 3 heteroatoms. The highest BCUT2D eigenvalue weighted by Gasteiger charge is 2.22. The second-order valence-corrected chi connectivity index (χ2v) is 4.97. The van der Waals surface area contributed by atoms with Gasteiger partial charge in [0.1, 0.15) is 5.75 Å². The molecule has 19 heavy (non-hydrogen) atoms. The van der Waals surface area contributed by atoms with E-state index in [1.54, 1.807) is 7.11 Å². The van der Waals surface area contributed by atoms with Crippen LogP contribution in [0.3, 0.4) is 0 Å². The molecule has 0 spiro atoms. The first-order valence-corrected chi connectivity index (χ1v) is 7.21. The fraction of sp³-hybridized carbons (Fsp3) is 0.625. The maximum atomic E-state index is 6.30. The molecule has 106 valence electrons. The van der Waals surface area contributed by atoms with Crippen LogP contribution in [0.1, 0.15) is 44.3 Å². The number of ether oxygens (including phenoxy) is 3. The largest absolute Gasteiger partial charge is 0.496 e. The van der Waals surface area contributed by atoms with Crippen LogP contribution in [0, 0.1) is 0 Å². The first kappa shape index (κ1) is 14.4. The van der Waals surface area contributed by atoms with E-state index in [0.29, 0.717) is 6.10 Å². The molecule has 3 nitrogen and oxygen atoms in total. The summed E-state index contributed by atoms with van der Waals surface area (Å²) in [5, 5.41) is 0. The summed E-state index contributed by atoms with van der Waals surface area (Å²) in [6, 6.07) is 8.16. The molecular formula is C16H24O3. The second-order valence-electron chi connectivity index (χ2n) is 4.97. The van der Waals surface area contributed by atoms with Gasteiger partial charge in [0.15, 0.2) is 0 Å². The average molecular weight is 264 g/mol. The summed E-state index contributed by atoms with van der Waals surface area (Å²) in [5.74, 6) is 0.924. The van der Waals surface area contributed by atoms with Crippen LogP contribution in [0.5, 0.6) is 5.75 Å². The van der Waals surface area contributed by atoms with Gasteiger partial charge < -0.3 is 14.2 Å². The highest BCUT2D eigenvalue weighted by Crippen LogP contribution is 2.33. The third-order valence-corrected chi connectivity index (χ3v) is 3.56. The van der Waals surface area contributed by atoms with Crippen molar-refractivity contribution in [2.45, 2.75) is 44.8 Å². The zero-order valence-electron chi connectivity index (χ0n) is 11.9. The van der Waals surface area contributed by atoms with E-state index in [1.165, 1.54) is 5.56 Å². The van der Waals surface area contributed by atoms with Crippen molar-refractivity contribution >= 4 is 0 Å². The smallest absolute Gasteiger partial charge is 0.124 e. The Balaban J connectivity index is 2.09. The number of methoxy groups -OCH3 is 1. The molecule has 0 unspecified atom stereocenters. The Morgan fingerprint density at radius 3 is 2.68 bits per heavy atom. The summed E-state index contributed by atoms with van der Waals surface area (Å²) in [6.45, 7) is 3.82. The number of para-hydroxylation sites is 1. The first-order valence-electron chi connectivity index (χ1n) is 7.21. The first-order chi connectivity index (χ1) is 9.35. The molecule has 0 N–H and O–H groups in total. The lowest BCUT2D eigenvalue weighted by molar-refractivity contribution is -0.0728. The Hall–Kier alpha value is -1.06. The lowest BCUT2D eigenvalue weighted by atomic mass is 10.0. The standard InChI is InChI=1S/C16H24O3/c1-3-6-16(19-13-9-11-18-12-10-13)14-7-4-5-8-15(14)17-2/h4-5,7-8,13,16H,3,6,9-12H2,1-2H3/t16-/m0/s1. The van der Waals surface area contributed by atoms with E-state index in [4.69, 9.17) is 14.2 Å². The average Bonchev–Trinajstić information content (AvgIpc) is 2.48. The minimum absolute atomic E-state index is 0.129. The quantitative estimate of drug-likeness (QED) is 0.783. The molecule has 1 aromatic rings. The van der Waals surface area contributed by atoms with Gasteiger partial charge in [0.25, 0.3) is 0 Å². The zero-order valence-corrected chi connectivity index (χ0v) is 11.9. The van der Waals surface area contributed by atoms with E-state index in [2.05, 4.69) is 13.0 Å².